The zero-order valence-corrected chi connectivity index (χ0v) is 7.52. The summed E-state index contributed by atoms with van der Waals surface area (Å²) in [6, 6.07) is 8.71. The van der Waals surface area contributed by atoms with Crippen molar-refractivity contribution in [3.05, 3.63) is 30.3 Å². The van der Waals surface area contributed by atoms with Gasteiger partial charge in [0.15, 0.2) is 0 Å². The fraction of sp³-hybridized carbons (Fsp3) is 0. The number of aromatic hydroxyl groups is 1. The van der Waals surface area contributed by atoms with Crippen LogP contribution in [-0.2, 0) is 4.79 Å². The molecule has 5 nitrogen and oxygen atoms in total. The van der Waals surface area contributed by atoms with Crippen molar-refractivity contribution in [2.45, 2.75) is 0 Å². The van der Waals surface area contributed by atoms with Gasteiger partial charge in [-0.05, 0) is 12.1 Å². The predicted molar refractivity (Wildman–Crippen MR) is 42.1 cm³/mol. The summed E-state index contributed by atoms with van der Waals surface area (Å²) in [7, 11) is -3.37. The van der Waals surface area contributed by atoms with Crippen LogP contribution < -0.4 is 14.7 Å². The molecule has 0 saturated carbocycles. The van der Waals surface area contributed by atoms with Crippen LogP contribution >= 0.6 is 8.60 Å². The van der Waals surface area contributed by atoms with Crippen molar-refractivity contribution in [2.24, 2.45) is 0 Å². The summed E-state index contributed by atoms with van der Waals surface area (Å²) in [4.78, 5) is 33.4. The molecule has 0 amide bonds. The minimum absolute atomic E-state index is 0.322. The van der Waals surface area contributed by atoms with Crippen molar-refractivity contribution in [3.8, 4) is 5.75 Å². The second-order valence-electron chi connectivity index (χ2n) is 1.56. The molecule has 0 aliphatic carbocycles. The maximum Gasteiger partial charge on any atom is 0.115 e. The SMILES string of the molecule is C=O.Oc1ccccc1.[O-]P([O-])[O-]. The van der Waals surface area contributed by atoms with Gasteiger partial charge >= 0.3 is 0 Å². The summed E-state index contributed by atoms with van der Waals surface area (Å²) < 4.78 is 0. The lowest BCUT2D eigenvalue weighted by atomic mass is 10.3. The van der Waals surface area contributed by atoms with Gasteiger partial charge in [0.2, 0.25) is 0 Å². The van der Waals surface area contributed by atoms with Crippen molar-refractivity contribution in [1.82, 2.24) is 0 Å². The number of hydrogen-bond acceptors (Lipinski definition) is 5. The second-order valence-corrected chi connectivity index (χ2v) is 2.01. The third kappa shape index (κ3) is 18.2. The van der Waals surface area contributed by atoms with Crippen LogP contribution in [0.15, 0.2) is 30.3 Å². The van der Waals surface area contributed by atoms with Gasteiger partial charge in [0.05, 0.1) is 0 Å². The quantitative estimate of drug-likeness (QED) is 0.516. The van der Waals surface area contributed by atoms with Gasteiger partial charge in [-0.15, -0.1) is 0 Å². The first kappa shape index (κ1) is 14.5. The molecule has 0 aliphatic rings. The van der Waals surface area contributed by atoms with Gasteiger partial charge < -0.3 is 33.2 Å². The lowest BCUT2D eigenvalue weighted by molar-refractivity contribution is -0.407. The van der Waals surface area contributed by atoms with Crippen LogP contribution in [0.5, 0.6) is 5.75 Å². The fourth-order valence-electron chi connectivity index (χ4n) is 0.428. The molecule has 6 heteroatoms. The van der Waals surface area contributed by atoms with E-state index in [2.05, 4.69) is 0 Å². The molecule has 0 atom stereocenters. The van der Waals surface area contributed by atoms with Gasteiger partial charge in [-0.1, -0.05) is 18.2 Å². The van der Waals surface area contributed by atoms with Gasteiger partial charge in [0.25, 0.3) is 0 Å². The number of para-hydroxylation sites is 1. The number of phenols is 1. The summed E-state index contributed by atoms with van der Waals surface area (Å²) in [6.07, 6.45) is 0. The van der Waals surface area contributed by atoms with Crippen molar-refractivity contribution in [3.63, 3.8) is 0 Å². The largest absolute Gasteiger partial charge is 0.854 e. The van der Waals surface area contributed by atoms with Gasteiger partial charge in [-0.2, -0.15) is 0 Å². The van der Waals surface area contributed by atoms with Gasteiger partial charge in [0.1, 0.15) is 12.5 Å². The maximum atomic E-state index is 8.63. The molecule has 0 aromatic heterocycles. The molecule has 1 N–H and O–H groups in total. The van der Waals surface area contributed by atoms with E-state index < -0.39 is 8.60 Å². The average Bonchev–Trinajstić information content (AvgIpc) is 2.08. The van der Waals surface area contributed by atoms with Crippen molar-refractivity contribution in [2.75, 3.05) is 0 Å². The van der Waals surface area contributed by atoms with Crippen LogP contribution in [0.25, 0.3) is 0 Å². The predicted octanol–water partition coefficient (Wildman–Crippen LogP) is -1.50. The molecule has 0 unspecified atom stereocenters. The highest BCUT2D eigenvalue weighted by molar-refractivity contribution is 7.33. The summed E-state index contributed by atoms with van der Waals surface area (Å²) in [5.41, 5.74) is 0. The molecule has 1 aromatic carbocycles. The Kier molecular flexibility index (Phi) is 12.3. The molecular formula is C7H8O5P-3. The Morgan fingerprint density at radius 1 is 1.08 bits per heavy atom. The Morgan fingerprint density at radius 2 is 1.38 bits per heavy atom. The Balaban J connectivity index is 0. The van der Waals surface area contributed by atoms with Gasteiger partial charge in [-0.3, -0.25) is 0 Å². The standard InChI is InChI=1S/C6H6O.CH2O.O3P/c7-6-4-2-1-3-5-6;1-2;1-4(2)3/h1-5,7H;1H2;/q;;-3. The van der Waals surface area contributed by atoms with Crippen LogP contribution in [0.3, 0.4) is 0 Å². The molecular weight excluding hydrogens is 195 g/mol. The summed E-state index contributed by atoms with van der Waals surface area (Å²) in [5.74, 6) is 0.322. The third-order valence-corrected chi connectivity index (χ3v) is 0.756. The molecule has 0 heterocycles. The number of carbonyl (C=O) groups is 1. The molecule has 0 fully saturated rings. The maximum absolute atomic E-state index is 8.63. The normalized spacial score (nSPS) is 7.69. The Hall–Kier alpha value is -1.00. The molecule has 1 aromatic rings. The molecule has 0 bridgehead atoms. The minimum Gasteiger partial charge on any atom is -0.854 e. The monoisotopic (exact) mass is 203 g/mol. The molecule has 1 rings (SSSR count). The van der Waals surface area contributed by atoms with Gasteiger partial charge in [-0.25, -0.2) is 0 Å². The highest BCUT2D eigenvalue weighted by Crippen LogP contribution is 2.02. The van der Waals surface area contributed by atoms with Gasteiger partial charge in [0, 0.05) is 0 Å². The first-order valence-corrected chi connectivity index (χ1v) is 4.07. The summed E-state index contributed by atoms with van der Waals surface area (Å²) in [5, 5.41) is 8.63. The van der Waals surface area contributed by atoms with E-state index in [1.165, 1.54) is 0 Å². The average molecular weight is 203 g/mol. The number of phenolic OH excluding ortho intramolecular Hbond substituents is 1. The minimum atomic E-state index is -3.37. The van der Waals surface area contributed by atoms with Crippen LogP contribution in [-0.4, -0.2) is 11.9 Å². The van der Waals surface area contributed by atoms with Crippen LogP contribution in [0.4, 0.5) is 0 Å². The topological polar surface area (TPSA) is 106 Å². The zero-order valence-electron chi connectivity index (χ0n) is 6.62. The first-order valence-electron chi connectivity index (χ1n) is 2.97. The van der Waals surface area contributed by atoms with Crippen molar-refractivity contribution in [1.29, 1.82) is 0 Å². The molecule has 0 spiro atoms. The van der Waals surface area contributed by atoms with E-state index >= 15 is 0 Å². The number of hydrogen-bond donors (Lipinski definition) is 1. The van der Waals surface area contributed by atoms with E-state index in [0.29, 0.717) is 5.75 Å². The second kappa shape index (κ2) is 11.0. The van der Waals surface area contributed by atoms with Crippen molar-refractivity contribution < 1.29 is 24.6 Å². The lowest BCUT2D eigenvalue weighted by Gasteiger charge is -2.39. The zero-order chi connectivity index (χ0) is 10.7. The fourth-order valence-corrected chi connectivity index (χ4v) is 0.428. The van der Waals surface area contributed by atoms with Crippen LogP contribution in [0.2, 0.25) is 0 Å². The Bertz CT molecular complexity index is 189. The number of benzene rings is 1. The van der Waals surface area contributed by atoms with Crippen LogP contribution in [0, 0.1) is 0 Å². The smallest absolute Gasteiger partial charge is 0.115 e. The Labute approximate surface area is 76.9 Å². The van der Waals surface area contributed by atoms with E-state index in [1.54, 1.807) is 24.3 Å². The molecule has 0 aliphatic heterocycles. The van der Waals surface area contributed by atoms with E-state index in [4.69, 9.17) is 24.6 Å². The van der Waals surface area contributed by atoms with E-state index in [9.17, 15) is 0 Å². The van der Waals surface area contributed by atoms with Crippen molar-refractivity contribution >= 4 is 15.4 Å². The summed E-state index contributed by atoms with van der Waals surface area (Å²) in [6.45, 7) is 2.00. The third-order valence-electron chi connectivity index (χ3n) is 0.756. The molecule has 0 radical (unpaired) electrons. The highest BCUT2D eigenvalue weighted by Gasteiger charge is 1.74. The summed E-state index contributed by atoms with van der Waals surface area (Å²) >= 11 is 0. The number of rotatable bonds is 0. The van der Waals surface area contributed by atoms with E-state index in [-0.39, 0.29) is 0 Å². The van der Waals surface area contributed by atoms with Crippen LogP contribution in [0.1, 0.15) is 0 Å². The molecule has 13 heavy (non-hydrogen) atoms. The lowest BCUT2D eigenvalue weighted by Crippen LogP contribution is -2.18. The number of carbonyl (C=O) groups excluding carboxylic acids is 1. The van der Waals surface area contributed by atoms with E-state index in [0.717, 1.165) is 0 Å². The molecule has 74 valence electrons. The Morgan fingerprint density at radius 3 is 1.54 bits per heavy atom. The highest BCUT2D eigenvalue weighted by atomic mass is 31.2. The molecule has 0 saturated heterocycles. The van der Waals surface area contributed by atoms with E-state index in [1.807, 2.05) is 12.9 Å². The first-order chi connectivity index (χ1) is 6.13.